The predicted molar refractivity (Wildman–Crippen MR) is 77.0 cm³/mol. The highest BCUT2D eigenvalue weighted by Crippen LogP contribution is 2.38. The van der Waals surface area contributed by atoms with Crippen molar-refractivity contribution in [2.75, 3.05) is 13.2 Å². The Bertz CT molecular complexity index is 233. The van der Waals surface area contributed by atoms with Crippen molar-refractivity contribution < 1.29 is 18.5 Å². The zero-order valence-electron chi connectivity index (χ0n) is 12.6. The summed E-state index contributed by atoms with van der Waals surface area (Å²) in [6, 6.07) is 0. The van der Waals surface area contributed by atoms with Crippen LogP contribution in [-0.4, -0.2) is 13.2 Å². The highest BCUT2D eigenvalue weighted by Gasteiger charge is 2.08. The Kier molecular flexibility index (Phi) is 13.2. The smallest absolute Gasteiger partial charge is 0.267 e. The van der Waals surface area contributed by atoms with Gasteiger partial charge in [-0.25, -0.2) is 0 Å². The second-order valence-corrected chi connectivity index (χ2v) is 6.35. The third-order valence-electron chi connectivity index (χ3n) is 2.99. The van der Waals surface area contributed by atoms with Crippen LogP contribution in [0.15, 0.2) is 0 Å². The first-order valence-corrected chi connectivity index (χ1v) is 9.18. The molecule has 19 heavy (non-hydrogen) atoms. The molecule has 0 aliphatic carbocycles. The molecule has 0 aliphatic rings. The van der Waals surface area contributed by atoms with Gasteiger partial charge in [0.1, 0.15) is 0 Å². The molecule has 0 radical (unpaired) electrons. The molecule has 0 aromatic carbocycles. The summed E-state index contributed by atoms with van der Waals surface area (Å²) in [6.45, 7) is 4.79. The minimum absolute atomic E-state index is 0.247. The second-order valence-electron chi connectivity index (χ2n) is 4.94. The number of phosphoric ester groups is 1. The summed E-state index contributed by atoms with van der Waals surface area (Å²) in [7, 11) is -4.05. The number of hydrogen-bond acceptors (Lipinski definition) is 4. The van der Waals surface area contributed by atoms with Gasteiger partial charge in [0, 0.05) is 0 Å². The van der Waals surface area contributed by atoms with Crippen LogP contribution in [0.3, 0.4) is 0 Å². The molecule has 1 unspecified atom stereocenters. The van der Waals surface area contributed by atoms with Crippen LogP contribution in [0, 0.1) is 0 Å². The Balaban J connectivity index is 3.38. The van der Waals surface area contributed by atoms with E-state index in [-0.39, 0.29) is 13.2 Å². The third kappa shape index (κ3) is 14.3. The molecule has 1 atom stereocenters. The van der Waals surface area contributed by atoms with Gasteiger partial charge in [-0.1, -0.05) is 65.2 Å². The molecule has 0 rings (SSSR count). The van der Waals surface area contributed by atoms with Crippen molar-refractivity contribution in [1.82, 2.24) is 0 Å². The molecule has 0 aromatic rings. The van der Waals surface area contributed by atoms with Crippen molar-refractivity contribution in [2.45, 2.75) is 78.1 Å². The van der Waals surface area contributed by atoms with E-state index in [0.717, 1.165) is 44.9 Å². The number of unbranched alkanes of at least 4 members (excludes halogenated alkanes) is 8. The molecule has 0 aliphatic heterocycles. The normalized spacial score (nSPS) is 14.5. The molecule has 0 spiro atoms. The van der Waals surface area contributed by atoms with Gasteiger partial charge in [0.05, 0.1) is 13.2 Å². The standard InChI is InChI=1S/C14H31O4P/c1-3-5-7-9-10-12-14-18-19(15,16)17-13-11-8-6-4-2/h3-14H2,1-2H3,(H,15,16)/p-1. The van der Waals surface area contributed by atoms with E-state index in [2.05, 4.69) is 13.8 Å². The number of phosphoric acid groups is 1. The highest BCUT2D eigenvalue weighted by molar-refractivity contribution is 7.45. The first-order chi connectivity index (χ1) is 9.12. The van der Waals surface area contributed by atoms with Gasteiger partial charge in [-0.05, 0) is 12.8 Å². The molecule has 0 heterocycles. The molecule has 5 heteroatoms. The van der Waals surface area contributed by atoms with Crippen molar-refractivity contribution in [3.8, 4) is 0 Å². The van der Waals surface area contributed by atoms with Crippen molar-refractivity contribution in [3.05, 3.63) is 0 Å². The number of hydrogen-bond donors (Lipinski definition) is 0. The Morgan fingerprint density at radius 2 is 1.11 bits per heavy atom. The van der Waals surface area contributed by atoms with E-state index in [9.17, 15) is 9.46 Å². The maximum atomic E-state index is 11.4. The molecule has 0 fully saturated rings. The van der Waals surface area contributed by atoms with Crippen LogP contribution in [-0.2, 0) is 13.6 Å². The van der Waals surface area contributed by atoms with Gasteiger partial charge in [-0.2, -0.15) is 0 Å². The van der Waals surface area contributed by atoms with Crippen LogP contribution in [0.1, 0.15) is 78.1 Å². The lowest BCUT2D eigenvalue weighted by molar-refractivity contribution is -0.225. The van der Waals surface area contributed by atoms with E-state index < -0.39 is 7.82 Å². The van der Waals surface area contributed by atoms with E-state index in [1.165, 1.54) is 19.3 Å². The van der Waals surface area contributed by atoms with E-state index >= 15 is 0 Å². The first-order valence-electron chi connectivity index (χ1n) is 7.72. The maximum Gasteiger partial charge on any atom is 0.267 e. The molecule has 4 nitrogen and oxygen atoms in total. The van der Waals surface area contributed by atoms with Crippen LogP contribution in [0.4, 0.5) is 0 Å². The molecular formula is C14H30O4P-. The van der Waals surface area contributed by atoms with Gasteiger partial charge < -0.3 is 13.9 Å². The summed E-state index contributed by atoms with van der Waals surface area (Å²) >= 11 is 0. The quantitative estimate of drug-likeness (QED) is 0.351. The molecular weight excluding hydrogens is 263 g/mol. The summed E-state index contributed by atoms with van der Waals surface area (Å²) in [5, 5.41) is 0. The predicted octanol–water partition coefficient (Wildman–Crippen LogP) is 4.43. The van der Waals surface area contributed by atoms with Gasteiger partial charge in [-0.3, -0.25) is 4.57 Å². The lowest BCUT2D eigenvalue weighted by Crippen LogP contribution is -2.10. The minimum atomic E-state index is -4.05. The molecule has 116 valence electrons. The van der Waals surface area contributed by atoms with E-state index in [1.807, 2.05) is 0 Å². The lowest BCUT2D eigenvalue weighted by atomic mass is 10.1. The average Bonchev–Trinajstić information content (AvgIpc) is 2.37. The maximum absolute atomic E-state index is 11.4. The van der Waals surface area contributed by atoms with Crippen LogP contribution in [0.5, 0.6) is 0 Å². The van der Waals surface area contributed by atoms with E-state index in [4.69, 9.17) is 9.05 Å². The Labute approximate surface area is 118 Å². The number of rotatable bonds is 14. The zero-order valence-corrected chi connectivity index (χ0v) is 13.5. The molecule has 0 bridgehead atoms. The van der Waals surface area contributed by atoms with Gasteiger partial charge in [0.2, 0.25) is 0 Å². The Morgan fingerprint density at radius 3 is 1.58 bits per heavy atom. The van der Waals surface area contributed by atoms with Crippen molar-refractivity contribution in [3.63, 3.8) is 0 Å². The van der Waals surface area contributed by atoms with Crippen LogP contribution >= 0.6 is 7.82 Å². The fourth-order valence-corrected chi connectivity index (χ4v) is 2.58. The van der Waals surface area contributed by atoms with Gasteiger partial charge in [0.25, 0.3) is 7.82 Å². The third-order valence-corrected chi connectivity index (χ3v) is 3.99. The molecule has 0 saturated heterocycles. The summed E-state index contributed by atoms with van der Waals surface area (Å²) < 4.78 is 21.0. The Hall–Kier alpha value is 0.110. The molecule has 0 N–H and O–H groups in total. The topological polar surface area (TPSA) is 58.6 Å². The molecule has 0 aromatic heterocycles. The molecule has 0 amide bonds. The minimum Gasteiger partial charge on any atom is -0.756 e. The van der Waals surface area contributed by atoms with E-state index in [1.54, 1.807) is 0 Å². The van der Waals surface area contributed by atoms with Crippen molar-refractivity contribution in [1.29, 1.82) is 0 Å². The first kappa shape index (κ1) is 19.1. The van der Waals surface area contributed by atoms with Crippen LogP contribution in [0.2, 0.25) is 0 Å². The van der Waals surface area contributed by atoms with Crippen LogP contribution < -0.4 is 4.89 Å². The van der Waals surface area contributed by atoms with Crippen LogP contribution in [0.25, 0.3) is 0 Å². The average molecular weight is 293 g/mol. The summed E-state index contributed by atoms with van der Waals surface area (Å²) in [4.78, 5) is 11.4. The summed E-state index contributed by atoms with van der Waals surface area (Å²) in [5.74, 6) is 0. The fraction of sp³-hybridized carbons (Fsp3) is 1.00. The zero-order chi connectivity index (χ0) is 14.4. The summed E-state index contributed by atoms with van der Waals surface area (Å²) in [6.07, 6.45) is 10.7. The van der Waals surface area contributed by atoms with Crippen molar-refractivity contribution in [2.24, 2.45) is 0 Å². The van der Waals surface area contributed by atoms with E-state index in [0.29, 0.717) is 0 Å². The monoisotopic (exact) mass is 293 g/mol. The lowest BCUT2D eigenvalue weighted by Gasteiger charge is -2.22. The fourth-order valence-electron chi connectivity index (χ4n) is 1.80. The highest BCUT2D eigenvalue weighted by atomic mass is 31.2. The van der Waals surface area contributed by atoms with Crippen molar-refractivity contribution >= 4 is 7.82 Å². The van der Waals surface area contributed by atoms with Gasteiger partial charge in [0.15, 0.2) is 0 Å². The molecule has 0 saturated carbocycles. The largest absolute Gasteiger partial charge is 0.756 e. The van der Waals surface area contributed by atoms with Gasteiger partial charge in [-0.15, -0.1) is 0 Å². The van der Waals surface area contributed by atoms with Gasteiger partial charge >= 0.3 is 0 Å². The SMILES string of the molecule is CCCCCCCCOP(=O)([O-])OCCCCCC. The Morgan fingerprint density at radius 1 is 0.737 bits per heavy atom. The summed E-state index contributed by atoms with van der Waals surface area (Å²) in [5.41, 5.74) is 0. The second kappa shape index (κ2) is 13.1.